The maximum atomic E-state index is 13.7. The molecule has 3 N–H and O–H groups in total. The van der Waals surface area contributed by atoms with Gasteiger partial charge < -0.3 is 15.2 Å². The first-order chi connectivity index (χ1) is 11.6. The number of carboxylic acid groups (broad SMARTS) is 1. The molecule has 1 amide bonds. The number of rotatable bonds is 9. The topological polar surface area (TPSA) is 122 Å². The standard InChI is InChI=1S/C15H21FN2O6S/c1-9(2)13(14(19)17-8-11(24-3)15(20)21)18-25(22,23)12-7-5-4-6-10(12)16/h4-7,9,11,13,18H,8H2,1-3H3,(H,17,19)(H,20,21). The molecule has 1 aromatic carbocycles. The van der Waals surface area contributed by atoms with Crippen LogP contribution in [-0.4, -0.2) is 51.2 Å². The quantitative estimate of drug-likeness (QED) is 0.571. The van der Waals surface area contributed by atoms with Gasteiger partial charge in [0.2, 0.25) is 15.9 Å². The van der Waals surface area contributed by atoms with Crippen molar-refractivity contribution < 1.29 is 32.2 Å². The number of ether oxygens (including phenoxy) is 1. The van der Waals surface area contributed by atoms with Crippen molar-refractivity contribution in [3.63, 3.8) is 0 Å². The Morgan fingerprint density at radius 3 is 2.36 bits per heavy atom. The zero-order chi connectivity index (χ0) is 19.2. The lowest BCUT2D eigenvalue weighted by molar-refractivity contribution is -0.148. The van der Waals surface area contributed by atoms with Gasteiger partial charge in [0, 0.05) is 7.11 Å². The number of nitrogens with one attached hydrogen (secondary N) is 2. The molecular weight excluding hydrogens is 355 g/mol. The van der Waals surface area contributed by atoms with Gasteiger partial charge >= 0.3 is 5.97 Å². The molecular formula is C15H21FN2O6S. The Morgan fingerprint density at radius 2 is 1.88 bits per heavy atom. The molecule has 0 fully saturated rings. The number of halogens is 1. The fourth-order valence-electron chi connectivity index (χ4n) is 1.96. The van der Waals surface area contributed by atoms with Crippen LogP contribution in [0.15, 0.2) is 29.2 Å². The van der Waals surface area contributed by atoms with Crippen LogP contribution in [-0.2, 0) is 24.3 Å². The molecule has 0 spiro atoms. The van der Waals surface area contributed by atoms with Gasteiger partial charge in [-0.2, -0.15) is 4.72 Å². The number of aliphatic carboxylic acids is 1. The lowest BCUT2D eigenvalue weighted by atomic mass is 10.1. The maximum Gasteiger partial charge on any atom is 0.334 e. The first-order valence-electron chi connectivity index (χ1n) is 7.40. The highest BCUT2D eigenvalue weighted by molar-refractivity contribution is 7.89. The summed E-state index contributed by atoms with van der Waals surface area (Å²) in [6, 6.07) is 3.57. The Morgan fingerprint density at radius 1 is 1.28 bits per heavy atom. The van der Waals surface area contributed by atoms with Crippen molar-refractivity contribution in [1.82, 2.24) is 10.0 Å². The smallest absolute Gasteiger partial charge is 0.334 e. The highest BCUT2D eigenvalue weighted by atomic mass is 32.2. The van der Waals surface area contributed by atoms with Gasteiger partial charge in [-0.1, -0.05) is 26.0 Å². The number of methoxy groups -OCH3 is 1. The van der Waals surface area contributed by atoms with E-state index < -0.39 is 50.7 Å². The molecule has 0 saturated carbocycles. The van der Waals surface area contributed by atoms with Crippen molar-refractivity contribution in [2.24, 2.45) is 5.92 Å². The van der Waals surface area contributed by atoms with Crippen LogP contribution in [0.5, 0.6) is 0 Å². The number of hydrogen-bond donors (Lipinski definition) is 3. The highest BCUT2D eigenvalue weighted by Crippen LogP contribution is 2.15. The summed E-state index contributed by atoms with van der Waals surface area (Å²) >= 11 is 0. The Balaban J connectivity index is 2.92. The van der Waals surface area contributed by atoms with Crippen LogP contribution < -0.4 is 10.0 Å². The number of hydrogen-bond acceptors (Lipinski definition) is 5. The number of carbonyl (C=O) groups is 2. The molecule has 10 heteroatoms. The number of sulfonamides is 1. The summed E-state index contributed by atoms with van der Waals surface area (Å²) in [7, 11) is -3.10. The molecule has 0 aromatic heterocycles. The number of carboxylic acids is 1. The normalized spacial score (nSPS) is 14.1. The van der Waals surface area contributed by atoms with Crippen molar-refractivity contribution in [1.29, 1.82) is 0 Å². The van der Waals surface area contributed by atoms with E-state index in [9.17, 15) is 22.4 Å². The van der Waals surface area contributed by atoms with Gasteiger partial charge in [0.25, 0.3) is 0 Å². The fraction of sp³-hybridized carbons (Fsp3) is 0.467. The lowest BCUT2D eigenvalue weighted by Gasteiger charge is -2.22. The van der Waals surface area contributed by atoms with E-state index in [1.165, 1.54) is 19.2 Å². The molecule has 0 aliphatic heterocycles. The minimum atomic E-state index is -4.27. The average Bonchev–Trinajstić information content (AvgIpc) is 2.52. The maximum absolute atomic E-state index is 13.7. The minimum absolute atomic E-state index is 0.338. The largest absolute Gasteiger partial charge is 0.479 e. The van der Waals surface area contributed by atoms with E-state index in [1.54, 1.807) is 13.8 Å². The second kappa shape index (κ2) is 8.88. The third kappa shape index (κ3) is 5.76. The van der Waals surface area contributed by atoms with Gasteiger partial charge in [-0.3, -0.25) is 4.79 Å². The van der Waals surface area contributed by atoms with Crippen molar-refractivity contribution >= 4 is 21.9 Å². The van der Waals surface area contributed by atoms with E-state index in [-0.39, 0.29) is 6.54 Å². The number of benzene rings is 1. The van der Waals surface area contributed by atoms with Crippen molar-refractivity contribution in [3.8, 4) is 0 Å². The number of amides is 1. The predicted octanol–water partition coefficient (Wildman–Crippen LogP) is 0.344. The van der Waals surface area contributed by atoms with Crippen LogP contribution in [0.1, 0.15) is 13.8 Å². The molecule has 25 heavy (non-hydrogen) atoms. The van der Waals surface area contributed by atoms with Gasteiger partial charge in [-0.15, -0.1) is 0 Å². The molecule has 0 heterocycles. The van der Waals surface area contributed by atoms with E-state index in [0.29, 0.717) is 0 Å². The molecule has 1 rings (SSSR count). The Hall–Kier alpha value is -2.04. The van der Waals surface area contributed by atoms with Gasteiger partial charge in [-0.05, 0) is 18.1 Å². The van der Waals surface area contributed by atoms with Gasteiger partial charge in [-0.25, -0.2) is 17.6 Å². The summed E-state index contributed by atoms with van der Waals surface area (Å²) in [5, 5.41) is 11.2. The molecule has 0 radical (unpaired) electrons. The third-order valence-electron chi connectivity index (χ3n) is 3.38. The average molecular weight is 376 g/mol. The van der Waals surface area contributed by atoms with Crippen molar-refractivity contribution in [3.05, 3.63) is 30.1 Å². The zero-order valence-electron chi connectivity index (χ0n) is 14.0. The van der Waals surface area contributed by atoms with E-state index >= 15 is 0 Å². The molecule has 0 aliphatic rings. The monoisotopic (exact) mass is 376 g/mol. The third-order valence-corrected chi connectivity index (χ3v) is 4.85. The summed E-state index contributed by atoms with van der Waals surface area (Å²) < 4.78 is 45.2. The Bertz CT molecular complexity index is 722. The predicted molar refractivity (Wildman–Crippen MR) is 86.8 cm³/mol. The summed E-state index contributed by atoms with van der Waals surface area (Å²) in [5.74, 6) is -3.41. The van der Waals surface area contributed by atoms with Crippen LogP contribution in [0.3, 0.4) is 0 Å². The van der Waals surface area contributed by atoms with E-state index in [1.807, 2.05) is 0 Å². The van der Waals surface area contributed by atoms with E-state index in [2.05, 4.69) is 14.8 Å². The van der Waals surface area contributed by atoms with Crippen LogP contribution in [0.25, 0.3) is 0 Å². The number of carbonyl (C=O) groups excluding carboxylic acids is 1. The van der Waals surface area contributed by atoms with Crippen LogP contribution >= 0.6 is 0 Å². The fourth-order valence-corrected chi connectivity index (χ4v) is 3.38. The first kappa shape index (κ1) is 21.0. The van der Waals surface area contributed by atoms with Crippen LogP contribution in [0.2, 0.25) is 0 Å². The molecule has 2 atom stereocenters. The van der Waals surface area contributed by atoms with Crippen molar-refractivity contribution in [2.45, 2.75) is 30.9 Å². The highest BCUT2D eigenvalue weighted by Gasteiger charge is 2.30. The Labute approximate surface area is 145 Å². The van der Waals surface area contributed by atoms with E-state index in [4.69, 9.17) is 5.11 Å². The summed E-state index contributed by atoms with van der Waals surface area (Å²) in [4.78, 5) is 22.5. The SMILES string of the molecule is COC(CNC(=O)C(NS(=O)(=O)c1ccccc1F)C(C)C)C(=O)O. The molecule has 0 saturated heterocycles. The molecule has 140 valence electrons. The zero-order valence-corrected chi connectivity index (χ0v) is 14.8. The minimum Gasteiger partial charge on any atom is -0.479 e. The van der Waals surface area contributed by atoms with Gasteiger partial charge in [0.1, 0.15) is 16.8 Å². The summed E-state index contributed by atoms with van der Waals surface area (Å²) in [5.41, 5.74) is 0. The molecule has 2 unspecified atom stereocenters. The first-order valence-corrected chi connectivity index (χ1v) is 8.88. The molecule has 0 aliphatic carbocycles. The summed E-state index contributed by atoms with van der Waals surface area (Å²) in [6.45, 7) is 2.85. The lowest BCUT2D eigenvalue weighted by Crippen LogP contribution is -2.51. The van der Waals surface area contributed by atoms with Gasteiger partial charge in [0.15, 0.2) is 6.10 Å². The van der Waals surface area contributed by atoms with Gasteiger partial charge in [0.05, 0.1) is 6.54 Å². The van der Waals surface area contributed by atoms with E-state index in [0.717, 1.165) is 12.1 Å². The van der Waals surface area contributed by atoms with Crippen molar-refractivity contribution in [2.75, 3.05) is 13.7 Å². The molecule has 0 bridgehead atoms. The Kier molecular flexibility index (Phi) is 7.46. The second-order valence-electron chi connectivity index (χ2n) is 5.58. The molecule has 8 nitrogen and oxygen atoms in total. The van der Waals surface area contributed by atoms with Crippen LogP contribution in [0, 0.1) is 11.7 Å². The van der Waals surface area contributed by atoms with Crippen LogP contribution in [0.4, 0.5) is 4.39 Å². The summed E-state index contributed by atoms with van der Waals surface area (Å²) in [6.07, 6.45) is -1.26. The molecule has 1 aromatic rings. The second-order valence-corrected chi connectivity index (χ2v) is 7.26.